The summed E-state index contributed by atoms with van der Waals surface area (Å²) in [6.45, 7) is 8.43. The molecule has 0 amide bonds. The maximum Gasteiger partial charge on any atom is 0.303 e. The molecule has 0 radical (unpaired) electrons. The molecule has 0 fully saturated rings. The van der Waals surface area contributed by atoms with Crippen molar-refractivity contribution in [1.82, 2.24) is 0 Å². The molecule has 162 valence electrons. The zero-order valence-electron chi connectivity index (χ0n) is 17.7. The Labute approximate surface area is 165 Å². The van der Waals surface area contributed by atoms with Crippen molar-refractivity contribution >= 4 is 11.9 Å². The van der Waals surface area contributed by atoms with Gasteiger partial charge in [0.05, 0.1) is 12.7 Å². The van der Waals surface area contributed by atoms with E-state index in [4.69, 9.17) is 15.3 Å². The summed E-state index contributed by atoms with van der Waals surface area (Å²) in [5.74, 6) is -0.919. The molecule has 0 aromatic heterocycles. The van der Waals surface area contributed by atoms with Gasteiger partial charge in [-0.25, -0.2) is 0 Å². The highest BCUT2D eigenvalue weighted by atomic mass is 16.4. The summed E-state index contributed by atoms with van der Waals surface area (Å²) in [7, 11) is 0. The number of hydrogen-bond acceptors (Lipinski definition) is 4. The minimum atomic E-state index is -0.870. The summed E-state index contributed by atoms with van der Waals surface area (Å²) in [6.07, 6.45) is 9.01. The first kappa shape index (κ1) is 28.1. The van der Waals surface area contributed by atoms with Gasteiger partial charge in [0.25, 0.3) is 0 Å². The molecular weight excluding hydrogens is 348 g/mol. The number of aliphatic hydroxyl groups excluding tert-OH is 2. The number of aliphatic carboxylic acids is 2. The van der Waals surface area contributed by atoms with Crippen LogP contribution in [0.4, 0.5) is 0 Å². The maximum atomic E-state index is 9.90. The van der Waals surface area contributed by atoms with Gasteiger partial charge in [0.2, 0.25) is 0 Å². The van der Waals surface area contributed by atoms with Crippen LogP contribution in [0.3, 0.4) is 0 Å². The van der Waals surface area contributed by atoms with E-state index >= 15 is 0 Å². The van der Waals surface area contributed by atoms with Gasteiger partial charge in [-0.1, -0.05) is 66.2 Å². The fourth-order valence-corrected chi connectivity index (χ4v) is 2.47. The van der Waals surface area contributed by atoms with Gasteiger partial charge in [-0.2, -0.15) is 0 Å². The number of hydrogen-bond donors (Lipinski definition) is 4. The third kappa shape index (κ3) is 21.0. The molecule has 1 unspecified atom stereocenters. The minimum absolute atomic E-state index is 0.0581. The van der Waals surface area contributed by atoms with Gasteiger partial charge in [-0.3, -0.25) is 9.59 Å². The largest absolute Gasteiger partial charge is 0.481 e. The van der Waals surface area contributed by atoms with Crippen LogP contribution in [-0.4, -0.2) is 45.1 Å². The number of unbranched alkanes of at least 4 members (excludes halogenated alkanes) is 5. The number of carboxylic acid groups (broad SMARTS) is 2. The average molecular weight is 391 g/mol. The van der Waals surface area contributed by atoms with Crippen LogP contribution in [0.25, 0.3) is 0 Å². The topological polar surface area (TPSA) is 115 Å². The van der Waals surface area contributed by atoms with Crippen molar-refractivity contribution < 1.29 is 30.0 Å². The van der Waals surface area contributed by atoms with Crippen molar-refractivity contribution in [2.75, 3.05) is 6.61 Å². The van der Waals surface area contributed by atoms with Gasteiger partial charge in [0, 0.05) is 18.3 Å². The normalized spacial score (nSPS) is 12.4. The quantitative estimate of drug-likeness (QED) is 0.307. The SMILES string of the molecule is CC(C)CCCCCCCC(O)C(C)(C)CO.O=C(O)CCCCC(=O)O. The highest BCUT2D eigenvalue weighted by Crippen LogP contribution is 2.24. The molecule has 0 spiro atoms. The Bertz CT molecular complexity index is 363. The molecule has 1 atom stereocenters. The Balaban J connectivity index is 0. The van der Waals surface area contributed by atoms with E-state index in [1.165, 1.54) is 32.1 Å². The Kier molecular flexibility index (Phi) is 17.7. The average Bonchev–Trinajstić information content (AvgIpc) is 2.57. The summed E-state index contributed by atoms with van der Waals surface area (Å²) in [4.78, 5) is 19.8. The van der Waals surface area contributed by atoms with Crippen LogP contribution in [-0.2, 0) is 9.59 Å². The van der Waals surface area contributed by atoms with Gasteiger partial charge >= 0.3 is 11.9 Å². The maximum absolute atomic E-state index is 9.90. The number of aliphatic hydroxyl groups is 2. The summed E-state index contributed by atoms with van der Waals surface area (Å²) in [6, 6.07) is 0. The summed E-state index contributed by atoms with van der Waals surface area (Å²) >= 11 is 0. The van der Waals surface area contributed by atoms with Crippen molar-refractivity contribution in [3.05, 3.63) is 0 Å². The standard InChI is InChI=1S/C15H32O2.C6H10O4/c1-13(2)10-8-6-5-7-9-11-14(17)15(3,4)12-16;7-5(8)3-1-2-4-6(9)10/h13-14,16-17H,5-12H2,1-4H3;1-4H2,(H,7,8)(H,9,10). The van der Waals surface area contributed by atoms with Crippen molar-refractivity contribution in [2.24, 2.45) is 11.3 Å². The lowest BCUT2D eigenvalue weighted by Gasteiger charge is -2.28. The van der Waals surface area contributed by atoms with Crippen LogP contribution in [0.5, 0.6) is 0 Å². The predicted molar refractivity (Wildman–Crippen MR) is 108 cm³/mol. The molecule has 0 saturated heterocycles. The van der Waals surface area contributed by atoms with Crippen molar-refractivity contribution in [3.8, 4) is 0 Å². The van der Waals surface area contributed by atoms with Crippen molar-refractivity contribution in [2.45, 2.75) is 104 Å². The molecule has 0 saturated carbocycles. The monoisotopic (exact) mass is 390 g/mol. The fourth-order valence-electron chi connectivity index (χ4n) is 2.47. The first-order valence-electron chi connectivity index (χ1n) is 10.3. The number of rotatable bonds is 15. The Hall–Kier alpha value is -1.14. The van der Waals surface area contributed by atoms with Crippen molar-refractivity contribution in [3.63, 3.8) is 0 Å². The van der Waals surface area contributed by atoms with Gasteiger partial charge in [0.1, 0.15) is 0 Å². The van der Waals surface area contributed by atoms with Crippen LogP contribution in [0.2, 0.25) is 0 Å². The lowest BCUT2D eigenvalue weighted by Crippen LogP contribution is -2.32. The second-order valence-electron chi connectivity index (χ2n) is 8.40. The molecule has 0 aliphatic heterocycles. The molecular formula is C21H42O6. The summed E-state index contributed by atoms with van der Waals surface area (Å²) < 4.78 is 0. The van der Waals surface area contributed by atoms with Crippen LogP contribution >= 0.6 is 0 Å². The smallest absolute Gasteiger partial charge is 0.303 e. The van der Waals surface area contributed by atoms with Crippen LogP contribution in [0.15, 0.2) is 0 Å². The fraction of sp³-hybridized carbons (Fsp3) is 0.905. The Morgan fingerprint density at radius 3 is 1.56 bits per heavy atom. The first-order chi connectivity index (χ1) is 12.5. The second kappa shape index (κ2) is 17.0. The van der Waals surface area contributed by atoms with Crippen LogP contribution in [0.1, 0.15) is 98.3 Å². The molecule has 6 nitrogen and oxygen atoms in total. The molecule has 0 bridgehead atoms. The van der Waals surface area contributed by atoms with Crippen molar-refractivity contribution in [1.29, 1.82) is 0 Å². The predicted octanol–water partition coefficient (Wildman–Crippen LogP) is 4.47. The van der Waals surface area contributed by atoms with E-state index < -0.39 is 11.9 Å². The molecule has 0 aliphatic carbocycles. The van der Waals surface area contributed by atoms with E-state index in [1.807, 2.05) is 13.8 Å². The summed E-state index contributed by atoms with van der Waals surface area (Å²) in [5.41, 5.74) is -0.350. The van der Waals surface area contributed by atoms with E-state index in [2.05, 4.69) is 13.8 Å². The van der Waals surface area contributed by atoms with Gasteiger partial charge in [-0.05, 0) is 25.2 Å². The van der Waals surface area contributed by atoms with E-state index in [1.54, 1.807) is 0 Å². The molecule has 0 rings (SSSR count). The highest BCUT2D eigenvalue weighted by Gasteiger charge is 2.26. The zero-order valence-corrected chi connectivity index (χ0v) is 17.7. The van der Waals surface area contributed by atoms with Gasteiger partial charge in [-0.15, -0.1) is 0 Å². The van der Waals surface area contributed by atoms with E-state index in [9.17, 15) is 14.7 Å². The lowest BCUT2D eigenvalue weighted by molar-refractivity contribution is -0.139. The first-order valence-corrected chi connectivity index (χ1v) is 10.3. The van der Waals surface area contributed by atoms with Crippen LogP contribution < -0.4 is 0 Å². The molecule has 0 aromatic rings. The van der Waals surface area contributed by atoms with Gasteiger partial charge in [0.15, 0.2) is 0 Å². The molecule has 6 heteroatoms. The highest BCUT2D eigenvalue weighted by molar-refractivity contribution is 5.67. The minimum Gasteiger partial charge on any atom is -0.481 e. The Morgan fingerprint density at radius 1 is 0.778 bits per heavy atom. The van der Waals surface area contributed by atoms with Crippen LogP contribution in [0, 0.1) is 11.3 Å². The molecule has 4 N–H and O–H groups in total. The van der Waals surface area contributed by atoms with Gasteiger partial charge < -0.3 is 20.4 Å². The van der Waals surface area contributed by atoms with E-state index in [-0.39, 0.29) is 31.0 Å². The number of carbonyl (C=O) groups is 2. The molecule has 27 heavy (non-hydrogen) atoms. The third-order valence-corrected chi connectivity index (χ3v) is 4.60. The zero-order chi connectivity index (χ0) is 21.3. The second-order valence-corrected chi connectivity index (χ2v) is 8.40. The number of carboxylic acids is 2. The molecule has 0 aromatic carbocycles. The third-order valence-electron chi connectivity index (χ3n) is 4.60. The molecule has 0 heterocycles. The van der Waals surface area contributed by atoms with E-state index in [0.29, 0.717) is 12.8 Å². The van der Waals surface area contributed by atoms with E-state index in [0.717, 1.165) is 18.8 Å². The lowest BCUT2D eigenvalue weighted by atomic mass is 9.84. The Morgan fingerprint density at radius 2 is 1.19 bits per heavy atom. The molecule has 0 aliphatic rings. The summed E-state index contributed by atoms with van der Waals surface area (Å²) in [5, 5.41) is 35.3.